The largest absolute Gasteiger partial charge is 0.396 e. The fourth-order valence-corrected chi connectivity index (χ4v) is 3.35. The molecule has 1 heterocycles. The van der Waals surface area contributed by atoms with Crippen molar-refractivity contribution in [1.82, 2.24) is 15.5 Å². The molecule has 0 spiro atoms. The van der Waals surface area contributed by atoms with E-state index in [0.717, 1.165) is 51.5 Å². The third-order valence-corrected chi connectivity index (χ3v) is 4.77. The fourth-order valence-electron chi connectivity index (χ4n) is 3.35. The number of halogens is 1. The molecule has 0 aromatic carbocycles. The zero-order valence-corrected chi connectivity index (χ0v) is 19.4. The standard InChI is InChI=1S/C19H40N4O2.HI/c1-4-11-23(12-5-2)13-7-10-21-18(20-6-3)22-16-19(8-14-24)9-15-25-17-19;/h24H,4-17H2,1-3H3,(H2,20,21,22);1H. The van der Waals surface area contributed by atoms with E-state index in [-0.39, 0.29) is 36.0 Å². The first-order valence-electron chi connectivity index (χ1n) is 10.1. The maximum atomic E-state index is 9.33. The lowest BCUT2D eigenvalue weighted by molar-refractivity contribution is 0.131. The van der Waals surface area contributed by atoms with Crippen LogP contribution in [0.5, 0.6) is 0 Å². The Balaban J connectivity index is 0.00000625. The van der Waals surface area contributed by atoms with E-state index in [2.05, 4.69) is 36.3 Å². The number of nitrogens with zero attached hydrogens (tertiary/aromatic N) is 2. The van der Waals surface area contributed by atoms with Gasteiger partial charge in [0.1, 0.15) is 0 Å². The highest BCUT2D eigenvalue weighted by molar-refractivity contribution is 14.0. The van der Waals surface area contributed by atoms with Crippen LogP contribution in [0.25, 0.3) is 0 Å². The molecule has 6 nitrogen and oxygen atoms in total. The summed E-state index contributed by atoms with van der Waals surface area (Å²) < 4.78 is 5.55. The van der Waals surface area contributed by atoms with E-state index >= 15 is 0 Å². The Hall–Kier alpha value is -0.120. The molecule has 0 saturated carbocycles. The van der Waals surface area contributed by atoms with Crippen molar-refractivity contribution >= 4 is 29.9 Å². The molecule has 0 radical (unpaired) electrons. The summed E-state index contributed by atoms with van der Waals surface area (Å²) in [7, 11) is 0. The quantitative estimate of drug-likeness (QED) is 0.162. The van der Waals surface area contributed by atoms with Gasteiger partial charge in [0.05, 0.1) is 13.2 Å². The van der Waals surface area contributed by atoms with Crippen LogP contribution in [-0.2, 0) is 4.74 Å². The molecule has 1 atom stereocenters. The summed E-state index contributed by atoms with van der Waals surface area (Å²) in [4.78, 5) is 7.30. The molecule has 7 heteroatoms. The van der Waals surface area contributed by atoms with Gasteiger partial charge in [0, 0.05) is 31.7 Å². The normalized spacial score (nSPS) is 20.3. The second kappa shape index (κ2) is 15.9. The summed E-state index contributed by atoms with van der Waals surface area (Å²) in [5.74, 6) is 0.879. The van der Waals surface area contributed by atoms with Gasteiger partial charge in [0.25, 0.3) is 0 Å². The molecule has 1 unspecified atom stereocenters. The Morgan fingerprint density at radius 1 is 1.15 bits per heavy atom. The molecule has 0 amide bonds. The molecule has 0 bridgehead atoms. The highest BCUT2D eigenvalue weighted by Crippen LogP contribution is 2.32. The van der Waals surface area contributed by atoms with E-state index in [1.165, 1.54) is 25.9 Å². The Morgan fingerprint density at radius 3 is 2.42 bits per heavy atom. The summed E-state index contributed by atoms with van der Waals surface area (Å²) in [5, 5.41) is 16.1. The van der Waals surface area contributed by atoms with Gasteiger partial charge in [-0.05, 0) is 58.7 Å². The summed E-state index contributed by atoms with van der Waals surface area (Å²) in [5.41, 5.74) is 0.0101. The second-order valence-electron chi connectivity index (χ2n) is 7.09. The van der Waals surface area contributed by atoms with Gasteiger partial charge in [0.15, 0.2) is 5.96 Å². The predicted octanol–water partition coefficient (Wildman–Crippen LogP) is 2.46. The van der Waals surface area contributed by atoms with Crippen molar-refractivity contribution in [3.8, 4) is 0 Å². The third-order valence-electron chi connectivity index (χ3n) is 4.77. The van der Waals surface area contributed by atoms with Crippen molar-refractivity contribution in [2.45, 2.75) is 52.9 Å². The first-order chi connectivity index (χ1) is 12.2. The monoisotopic (exact) mass is 484 g/mol. The van der Waals surface area contributed by atoms with Crippen LogP contribution in [0.1, 0.15) is 52.9 Å². The van der Waals surface area contributed by atoms with Gasteiger partial charge in [-0.15, -0.1) is 24.0 Å². The van der Waals surface area contributed by atoms with E-state index in [4.69, 9.17) is 9.73 Å². The van der Waals surface area contributed by atoms with Crippen molar-refractivity contribution in [3.05, 3.63) is 0 Å². The molecule has 26 heavy (non-hydrogen) atoms. The minimum Gasteiger partial charge on any atom is -0.396 e. The Kier molecular flexibility index (Phi) is 15.8. The molecular formula is C19H41IN4O2. The minimum atomic E-state index is 0. The van der Waals surface area contributed by atoms with Crippen LogP contribution in [-0.4, -0.2) is 75.1 Å². The number of hydrogen-bond acceptors (Lipinski definition) is 4. The summed E-state index contributed by atoms with van der Waals surface area (Å²) in [6.45, 7) is 14.3. The lowest BCUT2D eigenvalue weighted by atomic mass is 9.84. The van der Waals surface area contributed by atoms with Gasteiger partial charge in [0.2, 0.25) is 0 Å². The maximum absolute atomic E-state index is 9.33. The van der Waals surface area contributed by atoms with Crippen molar-refractivity contribution in [1.29, 1.82) is 0 Å². The average Bonchev–Trinajstić information content (AvgIpc) is 3.06. The molecule has 3 N–H and O–H groups in total. The maximum Gasteiger partial charge on any atom is 0.191 e. The zero-order valence-electron chi connectivity index (χ0n) is 17.1. The van der Waals surface area contributed by atoms with Crippen LogP contribution >= 0.6 is 24.0 Å². The molecule has 0 aromatic heterocycles. The summed E-state index contributed by atoms with van der Waals surface area (Å²) in [6, 6.07) is 0. The summed E-state index contributed by atoms with van der Waals surface area (Å²) >= 11 is 0. The van der Waals surface area contributed by atoms with Gasteiger partial charge in [-0.25, -0.2) is 0 Å². The number of hydrogen-bond donors (Lipinski definition) is 3. The van der Waals surface area contributed by atoms with Crippen LogP contribution < -0.4 is 10.6 Å². The molecule has 156 valence electrons. The van der Waals surface area contributed by atoms with Gasteiger partial charge in [-0.2, -0.15) is 0 Å². The SMILES string of the molecule is CCCN(CCC)CCCNC(=NCC1(CCO)CCOC1)NCC.I. The zero-order chi connectivity index (χ0) is 18.4. The summed E-state index contributed by atoms with van der Waals surface area (Å²) in [6.07, 6.45) is 5.30. The minimum absolute atomic E-state index is 0. The first-order valence-corrected chi connectivity index (χ1v) is 10.1. The van der Waals surface area contributed by atoms with Gasteiger partial charge < -0.3 is 25.4 Å². The first kappa shape index (κ1) is 25.9. The van der Waals surface area contributed by atoms with Crippen molar-refractivity contribution in [2.24, 2.45) is 10.4 Å². The van der Waals surface area contributed by atoms with E-state index in [0.29, 0.717) is 13.2 Å². The Bertz CT molecular complexity index is 357. The topological polar surface area (TPSA) is 69.1 Å². The number of aliphatic hydroxyl groups is 1. The predicted molar refractivity (Wildman–Crippen MR) is 121 cm³/mol. The highest BCUT2D eigenvalue weighted by Gasteiger charge is 2.34. The van der Waals surface area contributed by atoms with Crippen molar-refractivity contribution < 1.29 is 9.84 Å². The van der Waals surface area contributed by atoms with Crippen LogP contribution in [0.2, 0.25) is 0 Å². The lowest BCUT2D eigenvalue weighted by Crippen LogP contribution is -2.40. The second-order valence-corrected chi connectivity index (χ2v) is 7.09. The third kappa shape index (κ3) is 10.3. The molecule has 1 aliphatic heterocycles. The van der Waals surface area contributed by atoms with E-state index in [1.807, 2.05) is 0 Å². The number of ether oxygens (including phenoxy) is 1. The highest BCUT2D eigenvalue weighted by atomic mass is 127. The van der Waals surface area contributed by atoms with Gasteiger partial charge in [-0.3, -0.25) is 4.99 Å². The van der Waals surface area contributed by atoms with Crippen molar-refractivity contribution in [3.63, 3.8) is 0 Å². The number of nitrogens with one attached hydrogen (secondary N) is 2. The Morgan fingerprint density at radius 2 is 1.88 bits per heavy atom. The van der Waals surface area contributed by atoms with Crippen LogP contribution in [0.4, 0.5) is 0 Å². The van der Waals surface area contributed by atoms with Gasteiger partial charge >= 0.3 is 0 Å². The van der Waals surface area contributed by atoms with Crippen LogP contribution in [0.15, 0.2) is 4.99 Å². The average molecular weight is 484 g/mol. The smallest absolute Gasteiger partial charge is 0.191 e. The van der Waals surface area contributed by atoms with E-state index < -0.39 is 0 Å². The molecule has 1 fully saturated rings. The lowest BCUT2D eigenvalue weighted by Gasteiger charge is -2.25. The van der Waals surface area contributed by atoms with E-state index in [9.17, 15) is 5.11 Å². The molecule has 1 aliphatic rings. The molecule has 0 aromatic rings. The van der Waals surface area contributed by atoms with Crippen molar-refractivity contribution in [2.75, 3.05) is 59.1 Å². The van der Waals surface area contributed by atoms with Crippen LogP contribution in [0.3, 0.4) is 0 Å². The molecule has 0 aliphatic carbocycles. The Labute approximate surface area is 177 Å². The molecular weight excluding hydrogens is 443 g/mol. The number of guanidine groups is 1. The number of aliphatic hydroxyl groups excluding tert-OH is 1. The van der Waals surface area contributed by atoms with E-state index in [1.54, 1.807) is 0 Å². The number of aliphatic imine (C=N–C) groups is 1. The number of rotatable bonds is 13. The van der Waals surface area contributed by atoms with Gasteiger partial charge in [-0.1, -0.05) is 13.8 Å². The molecule has 1 rings (SSSR count). The fraction of sp³-hybridized carbons (Fsp3) is 0.947. The van der Waals surface area contributed by atoms with Crippen LogP contribution in [0, 0.1) is 5.41 Å². The molecule has 1 saturated heterocycles.